The van der Waals surface area contributed by atoms with Crippen LogP contribution in [0.25, 0.3) is 0 Å². The molecule has 0 unspecified atom stereocenters. The Kier molecular flexibility index (Phi) is 10.5. The molecule has 3 atom stereocenters. The van der Waals surface area contributed by atoms with Crippen molar-refractivity contribution in [3.63, 3.8) is 0 Å². The van der Waals surface area contributed by atoms with Crippen molar-refractivity contribution >= 4 is 64.8 Å². The maximum atomic E-state index is 13.2. The molecule has 0 saturated heterocycles. The summed E-state index contributed by atoms with van der Waals surface area (Å²) in [4.78, 5) is 64.2. The number of carbonyl (C=O) groups is 4. The van der Waals surface area contributed by atoms with Gasteiger partial charge < -0.3 is 20.4 Å². The van der Waals surface area contributed by atoms with Crippen molar-refractivity contribution in [1.82, 2.24) is 35.8 Å². The lowest BCUT2D eigenvalue weighted by molar-refractivity contribution is -0.140. The molecule has 1 aliphatic carbocycles. The van der Waals surface area contributed by atoms with Crippen molar-refractivity contribution < 1.29 is 19.2 Å². The van der Waals surface area contributed by atoms with E-state index in [1.54, 1.807) is 26.2 Å². The first-order valence-electron chi connectivity index (χ1n) is 12.3. The van der Waals surface area contributed by atoms with Crippen LogP contribution in [0, 0.1) is 5.92 Å². The second-order valence-corrected chi connectivity index (χ2v) is 11.2. The Balaban J connectivity index is 0.00000420. The lowest BCUT2D eigenvalue weighted by Gasteiger charge is -2.37. The van der Waals surface area contributed by atoms with Gasteiger partial charge in [-0.1, -0.05) is 11.6 Å². The number of anilines is 1. The summed E-state index contributed by atoms with van der Waals surface area (Å²) in [5.74, 6) is -2.20. The molecule has 4 rings (SSSR count). The van der Waals surface area contributed by atoms with Crippen LogP contribution in [0.1, 0.15) is 39.6 Å². The molecule has 0 aromatic carbocycles. The minimum absolute atomic E-state index is 0. The number of pyridine rings is 1. The highest BCUT2D eigenvalue weighted by Gasteiger charge is 2.37. The van der Waals surface area contributed by atoms with Crippen molar-refractivity contribution in [2.45, 2.75) is 44.3 Å². The Morgan fingerprint density at radius 2 is 1.87 bits per heavy atom. The second kappa shape index (κ2) is 13.4. The summed E-state index contributed by atoms with van der Waals surface area (Å²) in [5, 5.41) is 6.48. The molecule has 2 aromatic heterocycles. The van der Waals surface area contributed by atoms with E-state index in [2.05, 4.69) is 36.4 Å². The van der Waals surface area contributed by atoms with E-state index in [4.69, 9.17) is 11.6 Å². The van der Waals surface area contributed by atoms with Gasteiger partial charge in [0, 0.05) is 56.6 Å². The number of halogens is 2. The summed E-state index contributed by atoms with van der Waals surface area (Å²) >= 11 is 7.16. The number of hydrogen-bond donors (Lipinski definition) is 4. The standard InChI is InChI=1S/C24H31ClN8O4S.ClH/c1-32(2)24(37)13-4-6-15(27-20(34)21(35)31-30-19-7-5-14(25)11-26-19)17(10-13)28-22(36)23-29-16-8-9-33(3)12-18(16)38-23;/h5,7,11,13,15,17H,4,6,8-10,12H2,1-3H3,(H,26,30)(H,27,34)(H,28,36)(H,31,35);1H/t13-,15+,17+;/m0./s1. The average Bonchev–Trinajstić information content (AvgIpc) is 3.32. The fourth-order valence-corrected chi connectivity index (χ4v) is 5.81. The highest BCUT2D eigenvalue weighted by molar-refractivity contribution is 7.13. The van der Waals surface area contributed by atoms with Gasteiger partial charge in [-0.3, -0.25) is 30.0 Å². The van der Waals surface area contributed by atoms with E-state index in [0.717, 1.165) is 30.1 Å². The first-order valence-corrected chi connectivity index (χ1v) is 13.5. The van der Waals surface area contributed by atoms with Gasteiger partial charge in [0.1, 0.15) is 5.82 Å². The van der Waals surface area contributed by atoms with Crippen LogP contribution in [0.2, 0.25) is 5.02 Å². The zero-order chi connectivity index (χ0) is 27.4. The van der Waals surface area contributed by atoms with Crippen molar-refractivity contribution in [2.24, 2.45) is 5.92 Å². The van der Waals surface area contributed by atoms with Gasteiger partial charge in [0.2, 0.25) is 5.91 Å². The number of fused-ring (bicyclic) bond motifs is 1. The third kappa shape index (κ3) is 7.78. The van der Waals surface area contributed by atoms with Gasteiger partial charge in [-0.15, -0.1) is 23.7 Å². The van der Waals surface area contributed by atoms with Gasteiger partial charge in [0.05, 0.1) is 16.8 Å². The Bertz CT molecular complexity index is 1210. The molecule has 4 amide bonds. The number of hydrazine groups is 1. The quantitative estimate of drug-likeness (QED) is 0.286. The van der Waals surface area contributed by atoms with Gasteiger partial charge in [0.15, 0.2) is 5.01 Å². The maximum Gasteiger partial charge on any atom is 0.327 e. The highest BCUT2D eigenvalue weighted by atomic mass is 35.5. The molecule has 1 aliphatic heterocycles. The number of rotatable bonds is 6. The molecule has 12 nitrogen and oxygen atoms in total. The van der Waals surface area contributed by atoms with Crippen LogP contribution in [-0.4, -0.2) is 83.2 Å². The number of amides is 4. The molecule has 0 spiro atoms. The summed E-state index contributed by atoms with van der Waals surface area (Å²) in [6, 6.07) is 2.03. The topological polar surface area (TPSA) is 149 Å². The smallest absolute Gasteiger partial charge is 0.327 e. The number of carbonyl (C=O) groups excluding carboxylic acids is 4. The number of nitrogens with one attached hydrogen (secondary N) is 4. The molecular weight excluding hydrogens is 567 g/mol. The first kappa shape index (κ1) is 30.5. The molecule has 4 N–H and O–H groups in total. The minimum atomic E-state index is -0.921. The molecule has 39 heavy (non-hydrogen) atoms. The summed E-state index contributed by atoms with van der Waals surface area (Å²) in [5.41, 5.74) is 5.79. The number of thiazole rings is 1. The fourth-order valence-electron chi connectivity index (χ4n) is 4.60. The van der Waals surface area contributed by atoms with E-state index < -0.39 is 23.9 Å². The second-order valence-electron chi connectivity index (χ2n) is 9.72. The normalized spacial score (nSPS) is 20.6. The van der Waals surface area contributed by atoms with Crippen molar-refractivity contribution in [3.05, 3.63) is 38.9 Å². The van der Waals surface area contributed by atoms with Gasteiger partial charge in [0.25, 0.3) is 5.91 Å². The van der Waals surface area contributed by atoms with Crippen molar-refractivity contribution in [1.29, 1.82) is 0 Å². The Hall–Kier alpha value is -3.00. The van der Waals surface area contributed by atoms with E-state index in [0.29, 0.717) is 35.1 Å². The summed E-state index contributed by atoms with van der Waals surface area (Å²) in [6.07, 6.45) is 3.44. The Morgan fingerprint density at radius 1 is 1.10 bits per heavy atom. The van der Waals surface area contributed by atoms with Crippen LogP contribution < -0.4 is 21.5 Å². The van der Waals surface area contributed by atoms with E-state index >= 15 is 0 Å². The van der Waals surface area contributed by atoms with Crippen LogP contribution in [0.5, 0.6) is 0 Å². The maximum absolute atomic E-state index is 13.2. The van der Waals surface area contributed by atoms with Gasteiger partial charge in [-0.25, -0.2) is 9.97 Å². The number of nitrogens with zero attached hydrogens (tertiary/aromatic N) is 4. The molecule has 1 saturated carbocycles. The predicted octanol–water partition coefficient (Wildman–Crippen LogP) is 1.22. The van der Waals surface area contributed by atoms with Gasteiger partial charge >= 0.3 is 11.8 Å². The van der Waals surface area contributed by atoms with Crippen LogP contribution in [0.4, 0.5) is 5.82 Å². The van der Waals surface area contributed by atoms with Gasteiger partial charge in [-0.2, -0.15) is 0 Å². The molecule has 1 fully saturated rings. The largest absolute Gasteiger partial charge is 0.349 e. The molecule has 2 aliphatic rings. The molecule has 3 heterocycles. The third-order valence-electron chi connectivity index (χ3n) is 6.63. The van der Waals surface area contributed by atoms with E-state index in [1.165, 1.54) is 22.4 Å². The zero-order valence-electron chi connectivity index (χ0n) is 21.8. The number of likely N-dealkylation sites (N-methyl/N-ethyl adjacent to an activating group) is 1. The fraction of sp³-hybridized carbons (Fsp3) is 0.500. The zero-order valence-corrected chi connectivity index (χ0v) is 24.2. The minimum Gasteiger partial charge on any atom is -0.349 e. The van der Waals surface area contributed by atoms with Crippen molar-refractivity contribution in [2.75, 3.05) is 33.1 Å². The Morgan fingerprint density at radius 3 is 2.56 bits per heavy atom. The monoisotopic (exact) mass is 598 g/mol. The molecular formula is C24H32Cl2N8O4S. The number of aromatic nitrogens is 2. The molecule has 15 heteroatoms. The molecule has 2 aromatic rings. The van der Waals surface area contributed by atoms with E-state index in [-0.39, 0.29) is 30.1 Å². The van der Waals surface area contributed by atoms with Crippen LogP contribution in [0.3, 0.4) is 0 Å². The lowest BCUT2D eigenvalue weighted by atomic mass is 9.81. The first-order chi connectivity index (χ1) is 18.1. The molecule has 0 radical (unpaired) electrons. The molecule has 0 bridgehead atoms. The summed E-state index contributed by atoms with van der Waals surface area (Å²) in [6.45, 7) is 1.63. The summed E-state index contributed by atoms with van der Waals surface area (Å²) < 4.78 is 0. The highest BCUT2D eigenvalue weighted by Crippen LogP contribution is 2.28. The lowest BCUT2D eigenvalue weighted by Crippen LogP contribution is -2.58. The van der Waals surface area contributed by atoms with Crippen LogP contribution >= 0.6 is 35.3 Å². The summed E-state index contributed by atoms with van der Waals surface area (Å²) in [7, 11) is 5.40. The van der Waals surface area contributed by atoms with Crippen LogP contribution in [-0.2, 0) is 27.3 Å². The van der Waals surface area contributed by atoms with Crippen LogP contribution in [0.15, 0.2) is 18.3 Å². The molecule has 212 valence electrons. The average molecular weight is 600 g/mol. The van der Waals surface area contributed by atoms with E-state index in [1.807, 2.05) is 7.05 Å². The third-order valence-corrected chi connectivity index (χ3v) is 7.93. The SMILES string of the molecule is CN1CCc2nc(C(=O)N[C@@H]3C[C@@H](C(=O)N(C)C)CC[C@H]3NC(=O)C(=O)NNc3ccc(Cl)cn3)sc2C1.Cl. The van der Waals surface area contributed by atoms with Gasteiger partial charge in [-0.05, 0) is 38.4 Å². The number of hydrogen-bond acceptors (Lipinski definition) is 9. The van der Waals surface area contributed by atoms with Crippen molar-refractivity contribution in [3.8, 4) is 0 Å². The Labute approximate surface area is 241 Å². The predicted molar refractivity (Wildman–Crippen MR) is 150 cm³/mol. The van der Waals surface area contributed by atoms with E-state index in [9.17, 15) is 19.2 Å².